The van der Waals surface area contributed by atoms with Crippen molar-refractivity contribution in [3.63, 3.8) is 0 Å². The van der Waals surface area contributed by atoms with E-state index in [4.69, 9.17) is 9.47 Å². The van der Waals surface area contributed by atoms with E-state index in [0.717, 1.165) is 36.6 Å². The van der Waals surface area contributed by atoms with Crippen molar-refractivity contribution in [3.05, 3.63) is 17.1 Å². The van der Waals surface area contributed by atoms with Crippen LogP contribution in [0.4, 0.5) is 0 Å². The fourth-order valence-corrected chi connectivity index (χ4v) is 2.48. The van der Waals surface area contributed by atoms with Gasteiger partial charge in [0.15, 0.2) is 0 Å². The molecule has 0 spiro atoms. The largest absolute Gasteiger partial charge is 0.481 e. The molecule has 0 aliphatic carbocycles. The van der Waals surface area contributed by atoms with Gasteiger partial charge in [0.1, 0.15) is 5.82 Å². The monoisotopic (exact) mass is 235 g/mol. The minimum Gasteiger partial charge on any atom is -0.481 e. The molecule has 1 saturated heterocycles. The second kappa shape index (κ2) is 4.58. The summed E-state index contributed by atoms with van der Waals surface area (Å²) in [4.78, 5) is 9.07. The van der Waals surface area contributed by atoms with Gasteiger partial charge in [-0.1, -0.05) is 0 Å². The van der Waals surface area contributed by atoms with Crippen LogP contribution in [0.15, 0.2) is 0 Å². The molecule has 1 fully saturated rings. The van der Waals surface area contributed by atoms with Gasteiger partial charge in [-0.25, -0.2) is 4.98 Å². The first-order valence-corrected chi connectivity index (χ1v) is 6.08. The number of rotatable bonds is 3. The Balaban J connectivity index is 1.84. The zero-order valence-corrected chi connectivity index (χ0v) is 10.0. The molecular formula is C12H17N3O2. The molecule has 1 atom stereocenters. The standard InChI is InChI=1S/C12H17N3O2/c1-16-12-9-6-17-7-10(9)14-11(15-12)4-8-2-3-13-5-8/h8,13H,2-7H2,1H3. The topological polar surface area (TPSA) is 56.3 Å². The molecule has 0 radical (unpaired) electrons. The number of hydrogen-bond acceptors (Lipinski definition) is 5. The summed E-state index contributed by atoms with van der Waals surface area (Å²) in [7, 11) is 1.65. The molecule has 5 nitrogen and oxygen atoms in total. The number of fused-ring (bicyclic) bond motifs is 1. The molecule has 1 aromatic heterocycles. The van der Waals surface area contributed by atoms with Gasteiger partial charge in [-0.3, -0.25) is 0 Å². The number of hydrogen-bond donors (Lipinski definition) is 1. The Morgan fingerprint density at radius 1 is 1.41 bits per heavy atom. The highest BCUT2D eigenvalue weighted by molar-refractivity contribution is 5.32. The maximum absolute atomic E-state index is 5.39. The highest BCUT2D eigenvalue weighted by Gasteiger charge is 2.22. The summed E-state index contributed by atoms with van der Waals surface area (Å²) in [5.41, 5.74) is 2.01. The Morgan fingerprint density at radius 2 is 2.35 bits per heavy atom. The lowest BCUT2D eigenvalue weighted by molar-refractivity contribution is 0.132. The normalized spacial score (nSPS) is 22.8. The molecule has 3 rings (SSSR count). The van der Waals surface area contributed by atoms with Crippen LogP contribution in [0.1, 0.15) is 23.5 Å². The molecule has 3 heterocycles. The molecule has 0 saturated carbocycles. The zero-order chi connectivity index (χ0) is 11.7. The van der Waals surface area contributed by atoms with Gasteiger partial charge in [-0.2, -0.15) is 4.98 Å². The van der Waals surface area contributed by atoms with Gasteiger partial charge < -0.3 is 14.8 Å². The van der Waals surface area contributed by atoms with E-state index in [9.17, 15) is 0 Å². The molecule has 0 aromatic carbocycles. The van der Waals surface area contributed by atoms with Gasteiger partial charge in [0.05, 0.1) is 31.6 Å². The molecule has 1 N–H and O–H groups in total. The first-order chi connectivity index (χ1) is 8.36. The Morgan fingerprint density at radius 3 is 3.12 bits per heavy atom. The predicted molar refractivity (Wildman–Crippen MR) is 61.8 cm³/mol. The highest BCUT2D eigenvalue weighted by Crippen LogP contribution is 2.27. The van der Waals surface area contributed by atoms with E-state index in [2.05, 4.69) is 15.3 Å². The van der Waals surface area contributed by atoms with E-state index >= 15 is 0 Å². The maximum atomic E-state index is 5.39. The van der Waals surface area contributed by atoms with Crippen LogP contribution in [-0.2, 0) is 24.4 Å². The molecule has 2 aliphatic heterocycles. The Kier molecular flexibility index (Phi) is 2.94. The summed E-state index contributed by atoms with van der Waals surface area (Å²) in [6.07, 6.45) is 2.13. The summed E-state index contributed by atoms with van der Waals surface area (Å²) in [5.74, 6) is 2.23. The molecular weight excluding hydrogens is 218 g/mol. The quantitative estimate of drug-likeness (QED) is 0.834. The molecule has 1 unspecified atom stereocenters. The molecule has 1 aromatic rings. The summed E-state index contributed by atoms with van der Waals surface area (Å²) >= 11 is 0. The van der Waals surface area contributed by atoms with Crippen LogP contribution in [-0.4, -0.2) is 30.2 Å². The fourth-order valence-electron chi connectivity index (χ4n) is 2.48. The molecule has 0 amide bonds. The van der Waals surface area contributed by atoms with Crippen molar-refractivity contribution in [2.75, 3.05) is 20.2 Å². The second-order valence-electron chi connectivity index (χ2n) is 4.63. The van der Waals surface area contributed by atoms with Crippen LogP contribution in [0.2, 0.25) is 0 Å². The third-order valence-electron chi connectivity index (χ3n) is 3.41. The molecule has 5 heteroatoms. The van der Waals surface area contributed by atoms with Gasteiger partial charge in [0, 0.05) is 6.42 Å². The van der Waals surface area contributed by atoms with Gasteiger partial charge >= 0.3 is 0 Å². The van der Waals surface area contributed by atoms with Crippen LogP contribution in [0.25, 0.3) is 0 Å². The van der Waals surface area contributed by atoms with Gasteiger partial charge in [-0.05, 0) is 25.4 Å². The van der Waals surface area contributed by atoms with Crippen LogP contribution >= 0.6 is 0 Å². The van der Waals surface area contributed by atoms with Crippen LogP contribution in [0.5, 0.6) is 5.88 Å². The van der Waals surface area contributed by atoms with E-state index in [-0.39, 0.29) is 0 Å². The highest BCUT2D eigenvalue weighted by atomic mass is 16.5. The van der Waals surface area contributed by atoms with E-state index in [1.807, 2.05) is 0 Å². The average molecular weight is 235 g/mol. The van der Waals surface area contributed by atoms with Crippen molar-refractivity contribution >= 4 is 0 Å². The molecule has 17 heavy (non-hydrogen) atoms. The van der Waals surface area contributed by atoms with Gasteiger partial charge in [0.25, 0.3) is 0 Å². The number of ether oxygens (including phenoxy) is 2. The second-order valence-corrected chi connectivity index (χ2v) is 4.63. The lowest BCUT2D eigenvalue weighted by atomic mass is 10.0. The van der Waals surface area contributed by atoms with Gasteiger partial charge in [-0.15, -0.1) is 0 Å². The van der Waals surface area contributed by atoms with Crippen molar-refractivity contribution in [3.8, 4) is 5.88 Å². The van der Waals surface area contributed by atoms with Crippen molar-refractivity contribution < 1.29 is 9.47 Å². The SMILES string of the molecule is COc1nc(CC2CCNC2)nc2c1COC2. The lowest BCUT2D eigenvalue weighted by Gasteiger charge is -2.10. The third-order valence-corrected chi connectivity index (χ3v) is 3.41. The lowest BCUT2D eigenvalue weighted by Crippen LogP contribution is -2.13. The summed E-state index contributed by atoms with van der Waals surface area (Å²) in [5, 5.41) is 3.36. The van der Waals surface area contributed by atoms with Crippen molar-refractivity contribution in [2.24, 2.45) is 5.92 Å². The summed E-state index contributed by atoms with van der Waals surface area (Å²) < 4.78 is 10.7. The maximum Gasteiger partial charge on any atom is 0.222 e. The smallest absolute Gasteiger partial charge is 0.222 e. The zero-order valence-electron chi connectivity index (χ0n) is 10.0. The minimum absolute atomic E-state index is 0.573. The van der Waals surface area contributed by atoms with E-state index in [1.165, 1.54) is 6.42 Å². The Bertz CT molecular complexity index is 416. The third kappa shape index (κ3) is 2.12. The summed E-state index contributed by atoms with van der Waals surface area (Å²) in [6.45, 7) is 3.34. The number of methoxy groups -OCH3 is 1. The first-order valence-electron chi connectivity index (χ1n) is 6.08. The molecule has 92 valence electrons. The Hall–Kier alpha value is -1.20. The van der Waals surface area contributed by atoms with Crippen molar-refractivity contribution in [1.29, 1.82) is 0 Å². The van der Waals surface area contributed by atoms with Crippen LogP contribution in [0.3, 0.4) is 0 Å². The Labute approximate surface area is 101 Å². The first kappa shape index (κ1) is 10.9. The fraction of sp³-hybridized carbons (Fsp3) is 0.667. The predicted octanol–water partition coefficient (Wildman–Crippen LogP) is 0.667. The number of nitrogens with one attached hydrogen (secondary N) is 1. The van der Waals surface area contributed by atoms with Crippen LogP contribution in [0, 0.1) is 5.92 Å². The van der Waals surface area contributed by atoms with Gasteiger partial charge in [0.2, 0.25) is 5.88 Å². The van der Waals surface area contributed by atoms with E-state index in [0.29, 0.717) is 25.0 Å². The van der Waals surface area contributed by atoms with E-state index < -0.39 is 0 Å². The molecule has 0 bridgehead atoms. The van der Waals surface area contributed by atoms with Crippen LogP contribution < -0.4 is 10.1 Å². The number of nitrogens with zero attached hydrogens (tertiary/aromatic N) is 2. The van der Waals surface area contributed by atoms with E-state index in [1.54, 1.807) is 7.11 Å². The molecule has 2 aliphatic rings. The average Bonchev–Trinajstić information content (AvgIpc) is 2.98. The minimum atomic E-state index is 0.573. The van der Waals surface area contributed by atoms with Crippen molar-refractivity contribution in [1.82, 2.24) is 15.3 Å². The summed E-state index contributed by atoms with van der Waals surface area (Å²) in [6, 6.07) is 0. The van der Waals surface area contributed by atoms with Crippen molar-refractivity contribution in [2.45, 2.75) is 26.1 Å². The number of aromatic nitrogens is 2.